The van der Waals surface area contributed by atoms with E-state index in [1.165, 1.54) is 39.9 Å². The molecule has 1 aliphatic heterocycles. The molecule has 26 heavy (non-hydrogen) atoms. The Labute approximate surface area is 156 Å². The lowest BCUT2D eigenvalue weighted by Gasteiger charge is -2.15. The molecule has 1 fully saturated rings. The van der Waals surface area contributed by atoms with E-state index in [-0.39, 0.29) is 22.8 Å². The van der Waals surface area contributed by atoms with E-state index in [0.717, 1.165) is 17.7 Å². The highest BCUT2D eigenvalue weighted by atomic mass is 32.2. The SMILES string of the molecule is Cc1ccc(C(=O)COC(=O)c2cccc(S(=O)(=O)N3CCCC3)c2)s1. The predicted octanol–water partition coefficient (Wildman–Crippen LogP) is 2.88. The maximum absolute atomic E-state index is 12.6. The molecule has 0 N–H and O–H groups in total. The molecule has 6 nitrogen and oxygen atoms in total. The van der Waals surface area contributed by atoms with Crippen molar-refractivity contribution in [2.24, 2.45) is 0 Å². The number of Topliss-reactive ketones (excluding diaryl/α,β-unsaturated/α-hetero) is 1. The number of ether oxygens (including phenoxy) is 1. The zero-order valence-corrected chi connectivity index (χ0v) is 15.9. The molecule has 0 saturated carbocycles. The monoisotopic (exact) mass is 393 g/mol. The topological polar surface area (TPSA) is 80.8 Å². The van der Waals surface area contributed by atoms with Gasteiger partial charge in [0.15, 0.2) is 6.61 Å². The number of carbonyl (C=O) groups is 2. The third-order valence-electron chi connectivity index (χ3n) is 4.12. The van der Waals surface area contributed by atoms with E-state index in [4.69, 9.17) is 4.74 Å². The van der Waals surface area contributed by atoms with Crippen LogP contribution in [0.2, 0.25) is 0 Å². The van der Waals surface area contributed by atoms with E-state index in [1.54, 1.807) is 6.07 Å². The second kappa shape index (κ2) is 7.69. The van der Waals surface area contributed by atoms with Crippen molar-refractivity contribution < 1.29 is 22.7 Å². The molecule has 2 heterocycles. The lowest BCUT2D eigenvalue weighted by molar-refractivity contribution is 0.0475. The van der Waals surface area contributed by atoms with Crippen molar-refractivity contribution in [2.45, 2.75) is 24.7 Å². The summed E-state index contributed by atoms with van der Waals surface area (Å²) >= 11 is 1.34. The maximum Gasteiger partial charge on any atom is 0.338 e. The summed E-state index contributed by atoms with van der Waals surface area (Å²) in [6.07, 6.45) is 1.68. The molecule has 8 heteroatoms. The second-order valence-electron chi connectivity index (χ2n) is 6.05. The first-order valence-electron chi connectivity index (χ1n) is 8.25. The first kappa shape index (κ1) is 18.8. The largest absolute Gasteiger partial charge is 0.454 e. The van der Waals surface area contributed by atoms with Crippen LogP contribution in [0.15, 0.2) is 41.3 Å². The first-order valence-corrected chi connectivity index (χ1v) is 10.5. The van der Waals surface area contributed by atoms with Crippen molar-refractivity contribution in [1.82, 2.24) is 4.31 Å². The van der Waals surface area contributed by atoms with Crippen LogP contribution in [0, 0.1) is 6.92 Å². The molecule has 138 valence electrons. The molecular formula is C18H19NO5S2. The predicted molar refractivity (Wildman–Crippen MR) is 98.1 cm³/mol. The standard InChI is InChI=1S/C18H19NO5S2/c1-13-7-8-17(25-13)16(20)12-24-18(21)14-5-4-6-15(11-14)26(22,23)19-9-2-3-10-19/h4-8,11H,2-3,9-10,12H2,1H3. The fourth-order valence-electron chi connectivity index (χ4n) is 2.73. The van der Waals surface area contributed by atoms with E-state index in [1.807, 2.05) is 13.0 Å². The summed E-state index contributed by atoms with van der Waals surface area (Å²) in [6, 6.07) is 9.26. The van der Waals surface area contributed by atoms with Crippen LogP contribution >= 0.6 is 11.3 Å². The summed E-state index contributed by atoms with van der Waals surface area (Å²) < 4.78 is 31.6. The molecule has 3 rings (SSSR count). The number of thiophene rings is 1. The summed E-state index contributed by atoms with van der Waals surface area (Å²) in [7, 11) is -3.61. The average molecular weight is 393 g/mol. The van der Waals surface area contributed by atoms with Crippen molar-refractivity contribution in [3.8, 4) is 0 Å². The molecule has 0 unspecified atom stereocenters. The van der Waals surface area contributed by atoms with Crippen molar-refractivity contribution in [3.05, 3.63) is 51.7 Å². The van der Waals surface area contributed by atoms with Crippen molar-refractivity contribution in [1.29, 1.82) is 0 Å². The van der Waals surface area contributed by atoms with Gasteiger partial charge in [0.1, 0.15) is 0 Å². The van der Waals surface area contributed by atoms with Gasteiger partial charge in [-0.2, -0.15) is 4.31 Å². The normalized spacial score (nSPS) is 15.1. The van der Waals surface area contributed by atoms with Gasteiger partial charge in [-0.25, -0.2) is 13.2 Å². The van der Waals surface area contributed by atoms with E-state index in [0.29, 0.717) is 18.0 Å². The zero-order chi connectivity index (χ0) is 18.7. The van der Waals surface area contributed by atoms with Gasteiger partial charge in [0.05, 0.1) is 15.3 Å². The molecule has 0 atom stereocenters. The summed E-state index contributed by atoms with van der Waals surface area (Å²) in [5.74, 6) is -0.998. The summed E-state index contributed by atoms with van der Waals surface area (Å²) in [5, 5.41) is 0. The van der Waals surface area contributed by atoms with Gasteiger partial charge in [-0.3, -0.25) is 4.79 Å². The summed E-state index contributed by atoms with van der Waals surface area (Å²) in [4.78, 5) is 25.8. The van der Waals surface area contributed by atoms with Crippen LogP contribution in [-0.2, 0) is 14.8 Å². The molecule has 1 aromatic carbocycles. The number of aryl methyl sites for hydroxylation is 1. The van der Waals surface area contributed by atoms with Crippen LogP contribution < -0.4 is 0 Å². The molecule has 0 aliphatic carbocycles. The van der Waals surface area contributed by atoms with E-state index in [9.17, 15) is 18.0 Å². The highest BCUT2D eigenvalue weighted by Crippen LogP contribution is 2.22. The molecule has 0 amide bonds. The van der Waals surface area contributed by atoms with Crippen LogP contribution in [-0.4, -0.2) is 44.2 Å². The van der Waals surface area contributed by atoms with Gasteiger partial charge in [-0.05, 0) is 50.1 Å². The fourth-order valence-corrected chi connectivity index (χ4v) is 5.09. The molecule has 0 radical (unpaired) electrons. The van der Waals surface area contributed by atoms with Gasteiger partial charge in [-0.15, -0.1) is 11.3 Å². The van der Waals surface area contributed by atoms with Crippen LogP contribution in [0.25, 0.3) is 0 Å². The summed E-state index contributed by atoms with van der Waals surface area (Å²) in [6.45, 7) is 2.50. The Balaban J connectivity index is 1.69. The third kappa shape index (κ3) is 4.03. The van der Waals surface area contributed by atoms with Crippen LogP contribution in [0.1, 0.15) is 37.7 Å². The molecule has 1 saturated heterocycles. The summed E-state index contributed by atoms with van der Waals surface area (Å²) in [5.41, 5.74) is 0.112. The Kier molecular flexibility index (Phi) is 5.55. The average Bonchev–Trinajstić information content (AvgIpc) is 3.31. The number of hydrogen-bond acceptors (Lipinski definition) is 6. The van der Waals surface area contributed by atoms with Crippen LogP contribution in [0.4, 0.5) is 0 Å². The van der Waals surface area contributed by atoms with E-state index < -0.39 is 16.0 Å². The van der Waals surface area contributed by atoms with Crippen LogP contribution in [0.3, 0.4) is 0 Å². The number of sulfonamides is 1. The van der Waals surface area contributed by atoms with Crippen LogP contribution in [0.5, 0.6) is 0 Å². The molecule has 2 aromatic rings. The minimum atomic E-state index is -3.61. The van der Waals surface area contributed by atoms with Crippen molar-refractivity contribution >= 4 is 33.1 Å². The minimum Gasteiger partial charge on any atom is -0.454 e. The Morgan fingerprint density at radius 3 is 2.54 bits per heavy atom. The quantitative estimate of drug-likeness (QED) is 0.557. The van der Waals surface area contributed by atoms with Crippen molar-refractivity contribution in [2.75, 3.05) is 19.7 Å². The fraction of sp³-hybridized carbons (Fsp3) is 0.333. The first-order chi connectivity index (χ1) is 12.4. The number of carbonyl (C=O) groups excluding carboxylic acids is 2. The molecule has 0 bridgehead atoms. The highest BCUT2D eigenvalue weighted by Gasteiger charge is 2.27. The maximum atomic E-state index is 12.6. The molecule has 1 aliphatic rings. The lowest BCUT2D eigenvalue weighted by atomic mass is 10.2. The molecular weight excluding hydrogens is 374 g/mol. The van der Waals surface area contributed by atoms with Gasteiger partial charge >= 0.3 is 5.97 Å². The van der Waals surface area contributed by atoms with Gasteiger partial charge in [0.2, 0.25) is 15.8 Å². The Bertz CT molecular complexity index is 927. The number of benzene rings is 1. The van der Waals surface area contributed by atoms with E-state index in [2.05, 4.69) is 0 Å². The number of ketones is 1. The number of rotatable bonds is 6. The van der Waals surface area contributed by atoms with Gasteiger partial charge in [-0.1, -0.05) is 6.07 Å². The lowest BCUT2D eigenvalue weighted by Crippen LogP contribution is -2.28. The Hall–Kier alpha value is -2.03. The minimum absolute atomic E-state index is 0.0639. The Morgan fingerprint density at radius 2 is 1.88 bits per heavy atom. The number of nitrogens with zero attached hydrogens (tertiary/aromatic N) is 1. The smallest absolute Gasteiger partial charge is 0.338 e. The highest BCUT2D eigenvalue weighted by molar-refractivity contribution is 7.89. The number of esters is 1. The zero-order valence-electron chi connectivity index (χ0n) is 14.3. The second-order valence-corrected chi connectivity index (χ2v) is 9.27. The number of hydrogen-bond donors (Lipinski definition) is 0. The van der Waals surface area contributed by atoms with Crippen molar-refractivity contribution in [3.63, 3.8) is 0 Å². The molecule has 1 aromatic heterocycles. The van der Waals surface area contributed by atoms with Gasteiger partial charge < -0.3 is 4.74 Å². The van der Waals surface area contributed by atoms with Gasteiger partial charge in [0, 0.05) is 18.0 Å². The Morgan fingerprint density at radius 1 is 1.15 bits per heavy atom. The molecule has 0 spiro atoms. The third-order valence-corrected chi connectivity index (χ3v) is 7.06. The van der Waals surface area contributed by atoms with E-state index >= 15 is 0 Å². The van der Waals surface area contributed by atoms with Gasteiger partial charge in [0.25, 0.3) is 0 Å².